The van der Waals surface area contributed by atoms with E-state index in [9.17, 15) is 45.0 Å². The lowest BCUT2D eigenvalue weighted by atomic mass is 9.90. The van der Waals surface area contributed by atoms with Gasteiger partial charge in [-0.25, -0.2) is 0 Å². The molecule has 0 spiro atoms. The molecule has 2 heterocycles. The van der Waals surface area contributed by atoms with Crippen molar-refractivity contribution >= 4 is 17.8 Å². The molecule has 10 atom stereocenters. The van der Waals surface area contributed by atoms with Gasteiger partial charge in [0.05, 0.1) is 25.7 Å². The van der Waals surface area contributed by atoms with Crippen molar-refractivity contribution in [1.29, 1.82) is 0 Å². The minimum Gasteiger partial charge on any atom is -0.481 e. The minimum atomic E-state index is -2.01. The van der Waals surface area contributed by atoms with Gasteiger partial charge in [-0.3, -0.25) is 14.4 Å². The third kappa shape index (κ3) is 6.38. The van der Waals surface area contributed by atoms with Gasteiger partial charge in [-0.05, 0) is 6.92 Å². The molecule has 0 radical (unpaired) electrons. The lowest BCUT2D eigenvalue weighted by Gasteiger charge is -2.51. The van der Waals surface area contributed by atoms with Gasteiger partial charge in [-0.15, -0.1) is 0 Å². The number of hydrogen-bond acceptors (Lipinski definition) is 12. The fraction of sp³-hybridized carbons (Fsp3) is 0.842. The number of aliphatic hydroxyl groups excluding tert-OH is 6. The Labute approximate surface area is 194 Å². The molecule has 0 aromatic rings. The molecule has 0 aliphatic carbocycles. The first-order chi connectivity index (χ1) is 15.8. The summed E-state index contributed by atoms with van der Waals surface area (Å²) in [6.07, 6.45) is -12.1. The van der Waals surface area contributed by atoms with Crippen LogP contribution in [0, 0.1) is 0 Å². The Morgan fingerprint density at radius 1 is 0.912 bits per heavy atom. The highest BCUT2D eigenvalue weighted by Gasteiger charge is 2.56. The van der Waals surface area contributed by atoms with Gasteiger partial charge >= 0.3 is 5.97 Å². The molecule has 34 heavy (non-hydrogen) atoms. The van der Waals surface area contributed by atoms with Gasteiger partial charge in [-0.2, -0.15) is 0 Å². The fourth-order valence-corrected chi connectivity index (χ4v) is 3.92. The number of hydrogen-bond donors (Lipinski definition) is 9. The normalized spacial score (nSPS) is 40.4. The summed E-state index contributed by atoms with van der Waals surface area (Å²) in [5, 5.41) is 74.3. The number of ether oxygens (including phenoxy) is 3. The predicted octanol–water partition coefficient (Wildman–Crippen LogP) is -4.87. The molecule has 0 aromatic carbocycles. The monoisotopic (exact) mass is 496 g/mol. The number of carboxylic acids is 1. The zero-order chi connectivity index (χ0) is 25.8. The van der Waals surface area contributed by atoms with Gasteiger partial charge in [0.1, 0.15) is 42.7 Å². The Hall–Kier alpha value is -1.95. The summed E-state index contributed by atoms with van der Waals surface area (Å²) < 4.78 is 16.7. The molecule has 0 aromatic heterocycles. The number of rotatable bonds is 9. The largest absolute Gasteiger partial charge is 0.481 e. The first-order valence-electron chi connectivity index (χ1n) is 10.6. The van der Waals surface area contributed by atoms with Gasteiger partial charge < -0.3 is 60.6 Å². The molecular formula is C19H32N2O13. The van der Waals surface area contributed by atoms with Gasteiger partial charge in [0.2, 0.25) is 11.8 Å². The topological polar surface area (TPSA) is 245 Å². The molecule has 0 bridgehead atoms. The van der Waals surface area contributed by atoms with Crippen molar-refractivity contribution in [1.82, 2.24) is 10.6 Å². The molecule has 196 valence electrons. The van der Waals surface area contributed by atoms with Crippen molar-refractivity contribution < 1.29 is 64.3 Å². The third-order valence-corrected chi connectivity index (χ3v) is 5.69. The average molecular weight is 496 g/mol. The molecule has 2 saturated heterocycles. The molecule has 0 saturated carbocycles. The Kier molecular flexibility index (Phi) is 9.70. The first-order valence-corrected chi connectivity index (χ1v) is 10.6. The quantitative estimate of drug-likeness (QED) is 0.145. The zero-order valence-corrected chi connectivity index (χ0v) is 18.6. The maximum atomic E-state index is 12.1. The van der Waals surface area contributed by atoms with Crippen molar-refractivity contribution in [2.24, 2.45) is 0 Å². The molecule has 2 amide bonds. The summed E-state index contributed by atoms with van der Waals surface area (Å²) in [6.45, 7) is 0.867. The standard InChI is InChI=1S/C19H32N2O13/c1-7(24)20-17-16(31)14(29)9(6-23)33-19(17,2)34-18-15(30)12(13(28)8(5-22)32-18)21-10(25)3-4-11(26)27/h8-9,12-18,22-23,28-31H,3-6H2,1-2H3,(H,20,24)(H,21,25)(H,26,27)/t8-,9-,12+,13+,14+,15-,16+,17-,18+,19+/m1/s1. The van der Waals surface area contributed by atoms with Crippen LogP contribution in [0.3, 0.4) is 0 Å². The van der Waals surface area contributed by atoms with Crippen LogP contribution in [-0.4, -0.2) is 128 Å². The smallest absolute Gasteiger partial charge is 0.303 e. The molecular weight excluding hydrogens is 464 g/mol. The molecule has 15 nitrogen and oxygen atoms in total. The second kappa shape index (κ2) is 11.7. The number of aliphatic carboxylic acids is 1. The third-order valence-electron chi connectivity index (χ3n) is 5.69. The van der Waals surface area contributed by atoms with Crippen LogP contribution < -0.4 is 10.6 Å². The summed E-state index contributed by atoms with van der Waals surface area (Å²) in [4.78, 5) is 34.5. The van der Waals surface area contributed by atoms with Crippen molar-refractivity contribution in [3.05, 3.63) is 0 Å². The van der Waals surface area contributed by atoms with Crippen molar-refractivity contribution in [3.8, 4) is 0 Å². The number of aliphatic hydroxyl groups is 6. The first kappa shape index (κ1) is 28.3. The Morgan fingerprint density at radius 2 is 1.53 bits per heavy atom. The second-order valence-corrected chi connectivity index (χ2v) is 8.33. The summed E-state index contributed by atoms with van der Waals surface area (Å²) in [5.41, 5.74) is 0. The van der Waals surface area contributed by atoms with Crippen LogP contribution in [0.25, 0.3) is 0 Å². The van der Waals surface area contributed by atoms with Gasteiger partial charge in [-0.1, -0.05) is 0 Å². The lowest BCUT2D eigenvalue weighted by Crippen LogP contribution is -2.72. The number of carboxylic acid groups (broad SMARTS) is 1. The molecule has 2 fully saturated rings. The van der Waals surface area contributed by atoms with Crippen LogP contribution in [-0.2, 0) is 28.6 Å². The Balaban J connectivity index is 2.29. The van der Waals surface area contributed by atoms with E-state index in [1.807, 2.05) is 0 Å². The lowest BCUT2D eigenvalue weighted by molar-refractivity contribution is -0.394. The Morgan fingerprint density at radius 3 is 2.06 bits per heavy atom. The average Bonchev–Trinajstić information content (AvgIpc) is 2.77. The van der Waals surface area contributed by atoms with E-state index in [4.69, 9.17) is 19.3 Å². The van der Waals surface area contributed by atoms with E-state index >= 15 is 0 Å². The number of carbonyl (C=O) groups excluding carboxylic acids is 2. The van der Waals surface area contributed by atoms with Crippen LogP contribution in [0.15, 0.2) is 0 Å². The van der Waals surface area contributed by atoms with Crippen LogP contribution in [0.2, 0.25) is 0 Å². The maximum absolute atomic E-state index is 12.1. The van der Waals surface area contributed by atoms with Crippen LogP contribution in [0.1, 0.15) is 26.7 Å². The highest BCUT2D eigenvalue weighted by Crippen LogP contribution is 2.35. The highest BCUT2D eigenvalue weighted by atomic mass is 16.8. The van der Waals surface area contributed by atoms with Gasteiger partial charge in [0.25, 0.3) is 0 Å². The van der Waals surface area contributed by atoms with Gasteiger partial charge in [0, 0.05) is 13.3 Å². The number of carbonyl (C=O) groups is 3. The van der Waals surface area contributed by atoms with E-state index in [0.29, 0.717) is 0 Å². The molecule has 15 heteroatoms. The SMILES string of the molecule is CC(=O)N[C@@H]1[C@@H](O)[C@@H](O)[C@@H](CO)O[C@@]1(C)O[C@@H]1O[C@H](CO)[C@H](O)[C@H](NC(=O)CCC(=O)O)[C@H]1O. The van der Waals surface area contributed by atoms with E-state index in [1.54, 1.807) is 0 Å². The highest BCUT2D eigenvalue weighted by molar-refractivity contribution is 5.80. The molecule has 2 rings (SSSR count). The number of nitrogens with one attached hydrogen (secondary N) is 2. The zero-order valence-electron chi connectivity index (χ0n) is 18.6. The van der Waals surface area contributed by atoms with Gasteiger partial charge in [0.15, 0.2) is 12.1 Å². The minimum absolute atomic E-state index is 0.449. The summed E-state index contributed by atoms with van der Waals surface area (Å²) in [5.74, 6) is -4.68. The van der Waals surface area contributed by atoms with E-state index in [0.717, 1.165) is 6.92 Å². The van der Waals surface area contributed by atoms with Crippen LogP contribution in [0.4, 0.5) is 0 Å². The van der Waals surface area contributed by atoms with Crippen molar-refractivity contribution in [3.63, 3.8) is 0 Å². The van der Waals surface area contributed by atoms with Crippen molar-refractivity contribution in [2.45, 2.75) is 87.5 Å². The second-order valence-electron chi connectivity index (χ2n) is 8.33. The fourth-order valence-electron chi connectivity index (χ4n) is 3.92. The summed E-state index contributed by atoms with van der Waals surface area (Å²) in [6, 6.07) is -2.88. The maximum Gasteiger partial charge on any atom is 0.303 e. The van der Waals surface area contributed by atoms with E-state index in [1.165, 1.54) is 6.92 Å². The predicted molar refractivity (Wildman–Crippen MR) is 108 cm³/mol. The molecule has 2 aliphatic rings. The molecule has 2 aliphatic heterocycles. The van der Waals surface area contributed by atoms with E-state index in [2.05, 4.69) is 10.6 Å². The summed E-state index contributed by atoms with van der Waals surface area (Å²) in [7, 11) is 0. The van der Waals surface area contributed by atoms with Crippen LogP contribution >= 0.6 is 0 Å². The molecule has 9 N–H and O–H groups in total. The molecule has 0 unspecified atom stereocenters. The van der Waals surface area contributed by atoms with E-state index in [-0.39, 0.29) is 0 Å². The van der Waals surface area contributed by atoms with E-state index < -0.39 is 105 Å². The van der Waals surface area contributed by atoms with Crippen molar-refractivity contribution in [2.75, 3.05) is 13.2 Å². The number of amides is 2. The Bertz CT molecular complexity index is 739. The summed E-state index contributed by atoms with van der Waals surface area (Å²) >= 11 is 0. The van der Waals surface area contributed by atoms with Crippen LogP contribution in [0.5, 0.6) is 0 Å².